The predicted octanol–water partition coefficient (Wildman–Crippen LogP) is 3.72. The number of aryl methyl sites for hydroxylation is 2. The molecule has 0 spiro atoms. The number of likely N-dealkylation sites (tertiary alicyclic amines) is 1. The molecule has 0 bridgehead atoms. The van der Waals surface area contributed by atoms with Gasteiger partial charge in [0, 0.05) is 24.2 Å². The molecule has 1 atom stereocenters. The third-order valence-electron chi connectivity index (χ3n) is 4.71. The first-order chi connectivity index (χ1) is 11.6. The summed E-state index contributed by atoms with van der Waals surface area (Å²) in [6.45, 7) is 5.52. The third kappa shape index (κ3) is 2.60. The average Bonchev–Trinajstić information content (AvgIpc) is 3.17. The Morgan fingerprint density at radius 1 is 1.25 bits per heavy atom. The Morgan fingerprint density at radius 3 is 2.83 bits per heavy atom. The van der Waals surface area contributed by atoms with Gasteiger partial charge in [-0.05, 0) is 44.9 Å². The first-order valence-electron chi connectivity index (χ1n) is 8.42. The standard InChI is InChI=1S/C19H21N3O2/c1-13-10-14(2)22(20-13)16-7-5-9-21(12-16)19(23)18-11-15-6-3-4-8-17(15)24-18/h3-4,6,8,10-11,16H,5,7,9,12H2,1-2H3. The molecule has 0 saturated carbocycles. The summed E-state index contributed by atoms with van der Waals surface area (Å²) in [6, 6.07) is 11.9. The van der Waals surface area contributed by atoms with Crippen molar-refractivity contribution in [3.05, 3.63) is 53.5 Å². The van der Waals surface area contributed by atoms with Crippen molar-refractivity contribution in [2.45, 2.75) is 32.7 Å². The molecule has 1 saturated heterocycles. The smallest absolute Gasteiger partial charge is 0.289 e. The molecule has 1 aromatic carbocycles. The summed E-state index contributed by atoms with van der Waals surface area (Å²) in [6.07, 6.45) is 2.03. The van der Waals surface area contributed by atoms with Gasteiger partial charge >= 0.3 is 0 Å². The summed E-state index contributed by atoms with van der Waals surface area (Å²) in [5.74, 6) is 0.391. The van der Waals surface area contributed by atoms with Gasteiger partial charge in [0.2, 0.25) is 0 Å². The van der Waals surface area contributed by atoms with E-state index in [4.69, 9.17) is 4.42 Å². The van der Waals surface area contributed by atoms with Crippen molar-refractivity contribution in [1.29, 1.82) is 0 Å². The van der Waals surface area contributed by atoms with Crippen molar-refractivity contribution < 1.29 is 9.21 Å². The highest BCUT2D eigenvalue weighted by Gasteiger charge is 2.28. The van der Waals surface area contributed by atoms with Gasteiger partial charge in [0.25, 0.3) is 5.91 Å². The quantitative estimate of drug-likeness (QED) is 0.722. The monoisotopic (exact) mass is 323 g/mol. The SMILES string of the molecule is Cc1cc(C)n(C2CCCN(C(=O)c3cc4ccccc4o3)C2)n1. The second-order valence-electron chi connectivity index (χ2n) is 6.57. The van der Waals surface area contributed by atoms with E-state index in [0.717, 1.165) is 41.7 Å². The third-order valence-corrected chi connectivity index (χ3v) is 4.71. The molecule has 3 aromatic rings. The van der Waals surface area contributed by atoms with Crippen molar-refractivity contribution in [2.24, 2.45) is 0 Å². The molecular weight excluding hydrogens is 302 g/mol. The van der Waals surface area contributed by atoms with Crippen LogP contribution in [0.4, 0.5) is 0 Å². The molecule has 5 heteroatoms. The topological polar surface area (TPSA) is 51.3 Å². The van der Waals surface area contributed by atoms with Gasteiger partial charge < -0.3 is 9.32 Å². The van der Waals surface area contributed by atoms with Gasteiger partial charge in [0.15, 0.2) is 5.76 Å². The van der Waals surface area contributed by atoms with Gasteiger partial charge in [-0.1, -0.05) is 18.2 Å². The summed E-state index contributed by atoms with van der Waals surface area (Å²) >= 11 is 0. The van der Waals surface area contributed by atoms with E-state index in [-0.39, 0.29) is 11.9 Å². The maximum atomic E-state index is 12.8. The van der Waals surface area contributed by atoms with Crippen LogP contribution in [-0.4, -0.2) is 33.7 Å². The van der Waals surface area contributed by atoms with Crippen LogP contribution < -0.4 is 0 Å². The number of nitrogens with zero attached hydrogens (tertiary/aromatic N) is 3. The van der Waals surface area contributed by atoms with Crippen molar-refractivity contribution in [2.75, 3.05) is 13.1 Å². The number of aromatic nitrogens is 2. The van der Waals surface area contributed by atoms with Crippen LogP contribution in [0.2, 0.25) is 0 Å². The number of rotatable bonds is 2. The Kier molecular flexibility index (Phi) is 3.63. The molecule has 0 radical (unpaired) electrons. The van der Waals surface area contributed by atoms with Crippen molar-refractivity contribution in [1.82, 2.24) is 14.7 Å². The van der Waals surface area contributed by atoms with E-state index in [2.05, 4.69) is 22.8 Å². The molecule has 5 nitrogen and oxygen atoms in total. The molecule has 1 amide bonds. The van der Waals surface area contributed by atoms with Gasteiger partial charge in [0.1, 0.15) is 5.58 Å². The first kappa shape index (κ1) is 15.0. The van der Waals surface area contributed by atoms with E-state index >= 15 is 0 Å². The zero-order valence-corrected chi connectivity index (χ0v) is 14.0. The zero-order valence-electron chi connectivity index (χ0n) is 14.0. The van der Waals surface area contributed by atoms with E-state index in [1.807, 2.05) is 42.2 Å². The number of piperidine rings is 1. The second kappa shape index (κ2) is 5.82. The first-order valence-corrected chi connectivity index (χ1v) is 8.42. The number of carbonyl (C=O) groups is 1. The molecular formula is C19H21N3O2. The Bertz CT molecular complexity index is 860. The van der Waals surface area contributed by atoms with Gasteiger partial charge in [0.05, 0.1) is 11.7 Å². The maximum Gasteiger partial charge on any atom is 0.289 e. The molecule has 1 unspecified atom stereocenters. The minimum atomic E-state index is -0.0302. The molecule has 0 aliphatic carbocycles. The predicted molar refractivity (Wildman–Crippen MR) is 92.1 cm³/mol. The lowest BCUT2D eigenvalue weighted by atomic mass is 10.1. The van der Waals surface area contributed by atoms with Crippen LogP contribution >= 0.6 is 0 Å². The summed E-state index contributed by atoms with van der Waals surface area (Å²) in [5.41, 5.74) is 2.93. The number of hydrogen-bond acceptors (Lipinski definition) is 3. The number of carbonyl (C=O) groups excluding carboxylic acids is 1. The normalized spacial score (nSPS) is 18.2. The highest BCUT2D eigenvalue weighted by molar-refractivity contribution is 5.96. The Balaban J connectivity index is 1.57. The van der Waals surface area contributed by atoms with Crippen LogP contribution in [0.3, 0.4) is 0 Å². The number of hydrogen-bond donors (Lipinski definition) is 0. The number of furan rings is 1. The summed E-state index contributed by atoms with van der Waals surface area (Å²) in [7, 11) is 0. The van der Waals surface area contributed by atoms with Crippen molar-refractivity contribution in [3.8, 4) is 0 Å². The van der Waals surface area contributed by atoms with Crippen LogP contribution in [0.5, 0.6) is 0 Å². The van der Waals surface area contributed by atoms with Crippen LogP contribution in [0.25, 0.3) is 11.0 Å². The molecule has 1 aliphatic rings. The highest BCUT2D eigenvalue weighted by Crippen LogP contribution is 2.26. The average molecular weight is 323 g/mol. The van der Waals surface area contributed by atoms with Gasteiger partial charge in [-0.25, -0.2) is 0 Å². The van der Waals surface area contributed by atoms with Crippen LogP contribution in [-0.2, 0) is 0 Å². The fourth-order valence-electron chi connectivity index (χ4n) is 3.60. The fourth-order valence-corrected chi connectivity index (χ4v) is 3.60. The van der Waals surface area contributed by atoms with Crippen molar-refractivity contribution in [3.63, 3.8) is 0 Å². The van der Waals surface area contributed by atoms with Gasteiger partial charge in [-0.2, -0.15) is 5.10 Å². The van der Waals surface area contributed by atoms with E-state index in [1.54, 1.807) is 0 Å². The van der Waals surface area contributed by atoms with Crippen molar-refractivity contribution >= 4 is 16.9 Å². The lowest BCUT2D eigenvalue weighted by molar-refractivity contribution is 0.0642. The molecule has 4 rings (SSSR count). The van der Waals surface area contributed by atoms with Gasteiger partial charge in [-0.15, -0.1) is 0 Å². The Hall–Kier alpha value is -2.56. The maximum absolute atomic E-state index is 12.8. The molecule has 1 aliphatic heterocycles. The minimum absolute atomic E-state index is 0.0302. The van der Waals surface area contributed by atoms with Crippen LogP contribution in [0.15, 0.2) is 40.8 Å². The van der Waals surface area contributed by atoms with Gasteiger partial charge in [-0.3, -0.25) is 9.48 Å². The molecule has 24 heavy (non-hydrogen) atoms. The lowest BCUT2D eigenvalue weighted by Crippen LogP contribution is -2.41. The second-order valence-corrected chi connectivity index (χ2v) is 6.57. The Labute approximate surface area is 140 Å². The van der Waals surface area contributed by atoms with E-state index < -0.39 is 0 Å². The van der Waals surface area contributed by atoms with Crippen LogP contribution in [0.1, 0.15) is 40.8 Å². The lowest BCUT2D eigenvalue weighted by Gasteiger charge is -2.32. The molecule has 3 heterocycles. The largest absolute Gasteiger partial charge is 0.451 e. The minimum Gasteiger partial charge on any atom is -0.451 e. The number of para-hydroxylation sites is 1. The van der Waals surface area contributed by atoms with E-state index in [1.165, 1.54) is 0 Å². The summed E-state index contributed by atoms with van der Waals surface area (Å²) in [5, 5.41) is 5.56. The fraction of sp³-hybridized carbons (Fsp3) is 0.368. The molecule has 0 N–H and O–H groups in total. The molecule has 2 aromatic heterocycles. The summed E-state index contributed by atoms with van der Waals surface area (Å²) < 4.78 is 7.80. The zero-order chi connectivity index (χ0) is 16.7. The number of fused-ring (bicyclic) bond motifs is 1. The number of benzene rings is 1. The molecule has 124 valence electrons. The number of amides is 1. The molecule has 1 fully saturated rings. The van der Waals surface area contributed by atoms with E-state index in [0.29, 0.717) is 12.3 Å². The highest BCUT2D eigenvalue weighted by atomic mass is 16.3. The van der Waals surface area contributed by atoms with Crippen LogP contribution in [0, 0.1) is 13.8 Å². The Morgan fingerprint density at radius 2 is 2.08 bits per heavy atom. The van der Waals surface area contributed by atoms with E-state index in [9.17, 15) is 4.79 Å². The summed E-state index contributed by atoms with van der Waals surface area (Å²) in [4.78, 5) is 14.7.